The third kappa shape index (κ3) is 7.79. The van der Waals surface area contributed by atoms with Gasteiger partial charge in [-0.15, -0.1) is 12.3 Å². The van der Waals surface area contributed by atoms with E-state index in [0.717, 1.165) is 0 Å². The largest absolute Gasteiger partial charge is 0.392 e. The number of hydrogen-bond donors (Lipinski definition) is 1. The van der Waals surface area contributed by atoms with Crippen LogP contribution in [0.2, 0.25) is 0 Å². The Labute approximate surface area is 80.0 Å². The van der Waals surface area contributed by atoms with Gasteiger partial charge in [0.1, 0.15) is 0 Å². The summed E-state index contributed by atoms with van der Waals surface area (Å²) in [5.74, 6) is 2.41. The van der Waals surface area contributed by atoms with Crippen LogP contribution in [-0.4, -0.2) is 37.6 Å². The number of terminal acetylenes is 1. The molecule has 1 unspecified atom stereocenters. The van der Waals surface area contributed by atoms with Gasteiger partial charge >= 0.3 is 0 Å². The molecular formula is C10H18O3. The van der Waals surface area contributed by atoms with Crippen molar-refractivity contribution < 1.29 is 14.6 Å². The standard InChI is InChI=1S/C10H18O3/c1-4-5-10(11)8-9(2)13-7-6-12-3/h1,9-11H,5-8H2,2-3H3/t9-,10?/m0/s1. The van der Waals surface area contributed by atoms with Crippen LogP contribution in [0.5, 0.6) is 0 Å². The molecular weight excluding hydrogens is 168 g/mol. The molecule has 3 heteroatoms. The Bertz CT molecular complexity index is 151. The summed E-state index contributed by atoms with van der Waals surface area (Å²) in [7, 11) is 1.63. The van der Waals surface area contributed by atoms with Crippen molar-refractivity contribution >= 4 is 0 Å². The van der Waals surface area contributed by atoms with Crippen LogP contribution < -0.4 is 0 Å². The highest BCUT2D eigenvalue weighted by Gasteiger charge is 2.08. The van der Waals surface area contributed by atoms with E-state index in [1.807, 2.05) is 6.92 Å². The van der Waals surface area contributed by atoms with Crippen molar-refractivity contribution in [1.29, 1.82) is 0 Å². The van der Waals surface area contributed by atoms with E-state index in [9.17, 15) is 5.11 Å². The summed E-state index contributed by atoms with van der Waals surface area (Å²) in [6, 6.07) is 0. The molecule has 0 radical (unpaired) electrons. The highest BCUT2D eigenvalue weighted by Crippen LogP contribution is 2.04. The monoisotopic (exact) mass is 186 g/mol. The minimum atomic E-state index is -0.456. The first-order valence-corrected chi connectivity index (χ1v) is 4.42. The lowest BCUT2D eigenvalue weighted by atomic mass is 10.1. The molecule has 0 rings (SSSR count). The first-order chi connectivity index (χ1) is 6.20. The van der Waals surface area contributed by atoms with E-state index in [1.54, 1.807) is 7.11 Å². The Morgan fingerprint density at radius 1 is 1.46 bits per heavy atom. The second kappa shape index (κ2) is 8.06. The van der Waals surface area contributed by atoms with Gasteiger partial charge in [0, 0.05) is 20.0 Å². The lowest BCUT2D eigenvalue weighted by molar-refractivity contribution is 0.00104. The number of aliphatic hydroxyl groups is 1. The number of rotatable bonds is 7. The molecule has 0 aliphatic rings. The molecule has 0 amide bonds. The normalized spacial score (nSPS) is 14.9. The maximum atomic E-state index is 9.32. The SMILES string of the molecule is C#CCC(O)C[C@H](C)OCCOC. The van der Waals surface area contributed by atoms with E-state index >= 15 is 0 Å². The molecule has 2 atom stereocenters. The highest BCUT2D eigenvalue weighted by molar-refractivity contribution is 4.87. The third-order valence-corrected chi connectivity index (χ3v) is 1.65. The van der Waals surface area contributed by atoms with E-state index in [0.29, 0.717) is 26.1 Å². The van der Waals surface area contributed by atoms with Crippen LogP contribution >= 0.6 is 0 Å². The average molecular weight is 186 g/mol. The van der Waals surface area contributed by atoms with Crippen LogP contribution in [0.3, 0.4) is 0 Å². The molecule has 0 saturated carbocycles. The van der Waals surface area contributed by atoms with Crippen LogP contribution in [-0.2, 0) is 9.47 Å². The number of aliphatic hydroxyl groups excluding tert-OH is 1. The molecule has 0 heterocycles. The van der Waals surface area contributed by atoms with Gasteiger partial charge in [0.25, 0.3) is 0 Å². The van der Waals surface area contributed by atoms with E-state index < -0.39 is 6.10 Å². The summed E-state index contributed by atoms with van der Waals surface area (Å²) in [6.45, 7) is 3.05. The molecule has 0 aromatic heterocycles. The fourth-order valence-corrected chi connectivity index (χ4v) is 1.00. The van der Waals surface area contributed by atoms with Crippen molar-refractivity contribution in [2.24, 2.45) is 0 Å². The molecule has 0 aromatic carbocycles. The molecule has 0 aliphatic heterocycles. The molecule has 0 bridgehead atoms. The zero-order valence-corrected chi connectivity index (χ0v) is 8.32. The second-order valence-electron chi connectivity index (χ2n) is 2.97. The summed E-state index contributed by atoms with van der Waals surface area (Å²) < 4.78 is 10.2. The van der Waals surface area contributed by atoms with Gasteiger partial charge in [-0.3, -0.25) is 0 Å². The first kappa shape index (κ1) is 12.4. The average Bonchev–Trinajstić information content (AvgIpc) is 2.05. The fourth-order valence-electron chi connectivity index (χ4n) is 1.00. The van der Waals surface area contributed by atoms with E-state index in [1.165, 1.54) is 0 Å². The smallest absolute Gasteiger partial charge is 0.0703 e. The quantitative estimate of drug-likeness (QED) is 0.472. The predicted molar refractivity (Wildman–Crippen MR) is 51.4 cm³/mol. The van der Waals surface area contributed by atoms with Crippen molar-refractivity contribution in [2.75, 3.05) is 20.3 Å². The van der Waals surface area contributed by atoms with Crippen LogP contribution in [0.4, 0.5) is 0 Å². The maximum Gasteiger partial charge on any atom is 0.0703 e. The topological polar surface area (TPSA) is 38.7 Å². The third-order valence-electron chi connectivity index (χ3n) is 1.65. The number of hydrogen-bond acceptors (Lipinski definition) is 3. The zero-order valence-electron chi connectivity index (χ0n) is 8.32. The molecule has 3 nitrogen and oxygen atoms in total. The molecule has 13 heavy (non-hydrogen) atoms. The van der Waals surface area contributed by atoms with E-state index in [-0.39, 0.29) is 6.10 Å². The molecule has 0 spiro atoms. The fraction of sp³-hybridized carbons (Fsp3) is 0.800. The Morgan fingerprint density at radius 2 is 2.15 bits per heavy atom. The molecule has 1 N–H and O–H groups in total. The Morgan fingerprint density at radius 3 is 2.69 bits per heavy atom. The van der Waals surface area contributed by atoms with Gasteiger partial charge in [0.2, 0.25) is 0 Å². The van der Waals surface area contributed by atoms with E-state index in [4.69, 9.17) is 15.9 Å². The lowest BCUT2D eigenvalue weighted by Crippen LogP contribution is -2.19. The van der Waals surface area contributed by atoms with E-state index in [2.05, 4.69) is 5.92 Å². The Balaban J connectivity index is 3.39. The van der Waals surface area contributed by atoms with Crippen LogP contribution in [0, 0.1) is 12.3 Å². The van der Waals surface area contributed by atoms with Gasteiger partial charge in [0.15, 0.2) is 0 Å². The van der Waals surface area contributed by atoms with Gasteiger partial charge < -0.3 is 14.6 Å². The van der Waals surface area contributed by atoms with Crippen molar-refractivity contribution in [3.8, 4) is 12.3 Å². The Hall–Kier alpha value is -0.560. The first-order valence-electron chi connectivity index (χ1n) is 4.42. The van der Waals surface area contributed by atoms with Gasteiger partial charge in [-0.25, -0.2) is 0 Å². The van der Waals surface area contributed by atoms with Crippen LogP contribution in [0.25, 0.3) is 0 Å². The highest BCUT2D eigenvalue weighted by atomic mass is 16.5. The van der Waals surface area contributed by atoms with Gasteiger partial charge in [-0.1, -0.05) is 0 Å². The van der Waals surface area contributed by atoms with Crippen molar-refractivity contribution in [2.45, 2.75) is 32.0 Å². The molecule has 0 aromatic rings. The lowest BCUT2D eigenvalue weighted by Gasteiger charge is -2.15. The van der Waals surface area contributed by atoms with Crippen molar-refractivity contribution in [3.63, 3.8) is 0 Å². The summed E-state index contributed by atoms with van der Waals surface area (Å²) in [5, 5.41) is 9.32. The second-order valence-corrected chi connectivity index (χ2v) is 2.97. The minimum Gasteiger partial charge on any atom is -0.392 e. The summed E-state index contributed by atoms with van der Waals surface area (Å²) in [6.07, 6.45) is 5.59. The molecule has 0 aliphatic carbocycles. The zero-order chi connectivity index (χ0) is 10.1. The van der Waals surface area contributed by atoms with Gasteiger partial charge in [0.05, 0.1) is 25.4 Å². The Kier molecular flexibility index (Phi) is 7.71. The summed E-state index contributed by atoms with van der Waals surface area (Å²) in [5.41, 5.74) is 0. The van der Waals surface area contributed by atoms with Gasteiger partial charge in [-0.2, -0.15) is 0 Å². The summed E-state index contributed by atoms with van der Waals surface area (Å²) >= 11 is 0. The summed E-state index contributed by atoms with van der Waals surface area (Å²) in [4.78, 5) is 0. The molecule has 76 valence electrons. The number of ether oxygens (including phenoxy) is 2. The van der Waals surface area contributed by atoms with Crippen LogP contribution in [0.15, 0.2) is 0 Å². The van der Waals surface area contributed by atoms with Crippen molar-refractivity contribution in [1.82, 2.24) is 0 Å². The maximum absolute atomic E-state index is 9.32. The number of methoxy groups -OCH3 is 1. The minimum absolute atomic E-state index is 0.0264. The van der Waals surface area contributed by atoms with Gasteiger partial charge in [-0.05, 0) is 6.92 Å². The molecule has 0 saturated heterocycles. The molecule has 0 fully saturated rings. The van der Waals surface area contributed by atoms with Crippen LogP contribution in [0.1, 0.15) is 19.8 Å². The predicted octanol–water partition coefficient (Wildman–Crippen LogP) is 0.812. The van der Waals surface area contributed by atoms with Crippen molar-refractivity contribution in [3.05, 3.63) is 0 Å².